The second-order valence-corrected chi connectivity index (χ2v) is 4.82. The van der Waals surface area contributed by atoms with E-state index < -0.39 is 0 Å². The molecule has 0 saturated heterocycles. The van der Waals surface area contributed by atoms with Crippen molar-refractivity contribution >= 4 is 5.78 Å². The minimum absolute atomic E-state index is 0.189. The molecule has 0 aliphatic heterocycles. The SMILES string of the molecule is CNC(CCC(C)=O)c1ccc(OC(C)C)cc1. The van der Waals surface area contributed by atoms with E-state index in [2.05, 4.69) is 17.4 Å². The van der Waals surface area contributed by atoms with E-state index in [0.717, 1.165) is 12.2 Å². The summed E-state index contributed by atoms with van der Waals surface area (Å²) in [4.78, 5) is 11.0. The van der Waals surface area contributed by atoms with Crippen LogP contribution in [-0.4, -0.2) is 18.9 Å². The lowest BCUT2D eigenvalue weighted by molar-refractivity contribution is -0.117. The van der Waals surface area contributed by atoms with Crippen LogP contribution in [-0.2, 0) is 4.79 Å². The van der Waals surface area contributed by atoms with E-state index in [1.165, 1.54) is 5.56 Å². The van der Waals surface area contributed by atoms with Crippen LogP contribution in [0.5, 0.6) is 5.75 Å². The summed E-state index contributed by atoms with van der Waals surface area (Å²) in [5, 5.41) is 3.24. The molecule has 0 fully saturated rings. The standard InChI is InChI=1S/C15H23NO2/c1-11(2)18-14-8-6-13(7-9-14)15(16-4)10-5-12(3)17/h6-9,11,15-16H,5,10H2,1-4H3. The van der Waals surface area contributed by atoms with Crippen LogP contribution in [0.2, 0.25) is 0 Å². The smallest absolute Gasteiger partial charge is 0.129 e. The number of carbonyl (C=O) groups excluding carboxylic acids is 1. The van der Waals surface area contributed by atoms with Crippen molar-refractivity contribution in [3.05, 3.63) is 29.8 Å². The molecule has 0 bridgehead atoms. The van der Waals surface area contributed by atoms with Gasteiger partial charge in [-0.05, 0) is 51.9 Å². The van der Waals surface area contributed by atoms with Gasteiger partial charge in [0.1, 0.15) is 11.5 Å². The minimum Gasteiger partial charge on any atom is -0.491 e. The molecule has 1 rings (SSSR count). The molecule has 0 heterocycles. The lowest BCUT2D eigenvalue weighted by atomic mass is 10.0. The Kier molecular flexibility index (Phi) is 5.86. The van der Waals surface area contributed by atoms with Gasteiger partial charge in [0.05, 0.1) is 6.10 Å². The molecule has 3 heteroatoms. The lowest BCUT2D eigenvalue weighted by Crippen LogP contribution is -2.17. The van der Waals surface area contributed by atoms with E-state index in [1.807, 2.05) is 33.0 Å². The van der Waals surface area contributed by atoms with E-state index in [-0.39, 0.29) is 17.9 Å². The Morgan fingerprint density at radius 1 is 1.28 bits per heavy atom. The average molecular weight is 249 g/mol. The highest BCUT2D eigenvalue weighted by Gasteiger charge is 2.10. The highest BCUT2D eigenvalue weighted by molar-refractivity contribution is 5.75. The third-order valence-corrected chi connectivity index (χ3v) is 2.79. The summed E-state index contributed by atoms with van der Waals surface area (Å²) < 4.78 is 5.61. The van der Waals surface area contributed by atoms with E-state index in [4.69, 9.17) is 4.74 Å². The van der Waals surface area contributed by atoms with Gasteiger partial charge in [0.2, 0.25) is 0 Å². The Morgan fingerprint density at radius 3 is 2.33 bits per heavy atom. The van der Waals surface area contributed by atoms with E-state index >= 15 is 0 Å². The number of nitrogens with one attached hydrogen (secondary N) is 1. The number of ether oxygens (including phenoxy) is 1. The summed E-state index contributed by atoms with van der Waals surface area (Å²) in [6, 6.07) is 8.29. The first-order valence-corrected chi connectivity index (χ1v) is 6.46. The number of rotatable bonds is 7. The van der Waals surface area contributed by atoms with Crippen molar-refractivity contribution in [1.82, 2.24) is 5.32 Å². The maximum Gasteiger partial charge on any atom is 0.129 e. The van der Waals surface area contributed by atoms with Crippen molar-refractivity contribution in [2.45, 2.75) is 45.8 Å². The van der Waals surface area contributed by atoms with E-state index in [0.29, 0.717) is 6.42 Å². The molecular formula is C15H23NO2. The minimum atomic E-state index is 0.189. The molecule has 0 radical (unpaired) electrons. The monoisotopic (exact) mass is 249 g/mol. The normalized spacial score (nSPS) is 12.5. The van der Waals surface area contributed by atoms with Gasteiger partial charge in [0, 0.05) is 12.5 Å². The number of Topliss-reactive ketones (excluding diaryl/α,β-unsaturated/α-hetero) is 1. The highest BCUT2D eigenvalue weighted by atomic mass is 16.5. The molecule has 0 spiro atoms. The first-order chi connectivity index (χ1) is 8.52. The molecule has 0 aliphatic rings. The molecule has 0 aliphatic carbocycles. The maximum atomic E-state index is 11.0. The number of hydrogen-bond acceptors (Lipinski definition) is 3. The molecule has 0 saturated carbocycles. The third kappa shape index (κ3) is 4.88. The van der Waals surface area contributed by atoms with Crippen LogP contribution in [0.1, 0.15) is 45.2 Å². The van der Waals surface area contributed by atoms with Gasteiger partial charge in [-0.3, -0.25) is 0 Å². The Bertz CT molecular complexity index is 371. The maximum absolute atomic E-state index is 11.0. The fourth-order valence-electron chi connectivity index (χ4n) is 1.88. The Balaban J connectivity index is 2.66. The molecule has 18 heavy (non-hydrogen) atoms. The quantitative estimate of drug-likeness (QED) is 0.807. The number of hydrogen-bond donors (Lipinski definition) is 1. The van der Waals surface area contributed by atoms with Crippen LogP contribution in [0, 0.1) is 0 Å². The van der Waals surface area contributed by atoms with Crippen molar-refractivity contribution in [3.63, 3.8) is 0 Å². The first-order valence-electron chi connectivity index (χ1n) is 6.46. The van der Waals surface area contributed by atoms with Gasteiger partial charge in [-0.25, -0.2) is 0 Å². The third-order valence-electron chi connectivity index (χ3n) is 2.79. The molecule has 3 nitrogen and oxygen atoms in total. The number of carbonyl (C=O) groups is 1. The fourth-order valence-corrected chi connectivity index (χ4v) is 1.88. The first kappa shape index (κ1) is 14.7. The second kappa shape index (κ2) is 7.17. The van der Waals surface area contributed by atoms with Gasteiger partial charge in [-0.2, -0.15) is 0 Å². The van der Waals surface area contributed by atoms with E-state index in [1.54, 1.807) is 6.92 Å². The van der Waals surface area contributed by atoms with Gasteiger partial charge in [0.25, 0.3) is 0 Å². The lowest BCUT2D eigenvalue weighted by Gasteiger charge is -2.17. The van der Waals surface area contributed by atoms with Crippen molar-refractivity contribution in [2.75, 3.05) is 7.05 Å². The van der Waals surface area contributed by atoms with Crippen LogP contribution < -0.4 is 10.1 Å². The zero-order valence-corrected chi connectivity index (χ0v) is 11.7. The molecular weight excluding hydrogens is 226 g/mol. The van der Waals surface area contributed by atoms with Crippen LogP contribution in [0.4, 0.5) is 0 Å². The van der Waals surface area contributed by atoms with Gasteiger partial charge < -0.3 is 14.8 Å². The van der Waals surface area contributed by atoms with Crippen molar-refractivity contribution in [3.8, 4) is 5.75 Å². The predicted molar refractivity (Wildman–Crippen MR) is 73.9 cm³/mol. The van der Waals surface area contributed by atoms with Gasteiger partial charge in [0.15, 0.2) is 0 Å². The van der Waals surface area contributed by atoms with Crippen molar-refractivity contribution < 1.29 is 9.53 Å². The zero-order valence-electron chi connectivity index (χ0n) is 11.7. The molecule has 1 atom stereocenters. The zero-order chi connectivity index (χ0) is 13.5. The molecule has 100 valence electrons. The number of ketones is 1. The molecule has 1 aromatic carbocycles. The fraction of sp³-hybridized carbons (Fsp3) is 0.533. The summed E-state index contributed by atoms with van der Waals surface area (Å²) in [7, 11) is 1.92. The molecule has 0 amide bonds. The Labute approximate surface area is 110 Å². The van der Waals surface area contributed by atoms with Gasteiger partial charge in [-0.1, -0.05) is 12.1 Å². The van der Waals surface area contributed by atoms with Crippen LogP contribution >= 0.6 is 0 Å². The summed E-state index contributed by atoms with van der Waals surface area (Å²) in [6.07, 6.45) is 1.63. The molecule has 1 unspecified atom stereocenters. The van der Waals surface area contributed by atoms with E-state index in [9.17, 15) is 4.79 Å². The Morgan fingerprint density at radius 2 is 1.89 bits per heavy atom. The van der Waals surface area contributed by atoms with Crippen molar-refractivity contribution in [2.24, 2.45) is 0 Å². The predicted octanol–water partition coefficient (Wildman–Crippen LogP) is 3.10. The van der Waals surface area contributed by atoms with Crippen molar-refractivity contribution in [1.29, 1.82) is 0 Å². The summed E-state index contributed by atoms with van der Waals surface area (Å²) in [6.45, 7) is 5.65. The molecule has 0 aromatic heterocycles. The summed E-state index contributed by atoms with van der Waals surface area (Å²) >= 11 is 0. The summed E-state index contributed by atoms with van der Waals surface area (Å²) in [5.74, 6) is 1.12. The number of benzene rings is 1. The molecule has 1 N–H and O–H groups in total. The van der Waals surface area contributed by atoms with Crippen LogP contribution in [0.3, 0.4) is 0 Å². The van der Waals surface area contributed by atoms with Gasteiger partial charge >= 0.3 is 0 Å². The summed E-state index contributed by atoms with van der Waals surface area (Å²) in [5.41, 5.74) is 1.19. The Hall–Kier alpha value is -1.35. The van der Waals surface area contributed by atoms with Crippen LogP contribution in [0.15, 0.2) is 24.3 Å². The highest BCUT2D eigenvalue weighted by Crippen LogP contribution is 2.21. The largest absolute Gasteiger partial charge is 0.491 e. The molecule has 1 aromatic rings. The van der Waals surface area contributed by atoms with Gasteiger partial charge in [-0.15, -0.1) is 0 Å². The topological polar surface area (TPSA) is 38.3 Å². The average Bonchev–Trinajstić information content (AvgIpc) is 2.31. The second-order valence-electron chi connectivity index (χ2n) is 4.82. The van der Waals surface area contributed by atoms with Crippen LogP contribution in [0.25, 0.3) is 0 Å².